The van der Waals surface area contributed by atoms with Gasteiger partial charge in [0.1, 0.15) is 18.1 Å². The fourth-order valence-electron chi connectivity index (χ4n) is 3.84. The van der Waals surface area contributed by atoms with E-state index >= 15 is 0 Å². The summed E-state index contributed by atoms with van der Waals surface area (Å²) in [5, 5.41) is 16.4. The second kappa shape index (κ2) is 12.7. The fraction of sp³-hybridized carbons (Fsp3) is 0.522. The van der Waals surface area contributed by atoms with Crippen LogP contribution in [0.15, 0.2) is 24.3 Å². The number of rotatable bonds is 10. The lowest BCUT2D eigenvalue weighted by molar-refractivity contribution is -0.139. The lowest BCUT2D eigenvalue weighted by Gasteiger charge is -2.27. The van der Waals surface area contributed by atoms with E-state index in [2.05, 4.69) is 16.0 Å². The Bertz CT molecular complexity index is 952. The molecule has 0 saturated carbocycles. The highest BCUT2D eigenvalue weighted by atomic mass is 16.5. The summed E-state index contributed by atoms with van der Waals surface area (Å²) in [5.74, 6) is -2.73. The Morgan fingerprint density at radius 3 is 2.40 bits per heavy atom. The first-order valence-electron chi connectivity index (χ1n) is 11.5. The van der Waals surface area contributed by atoms with Crippen LogP contribution in [0.5, 0.6) is 0 Å². The van der Waals surface area contributed by atoms with Gasteiger partial charge >= 0.3 is 0 Å². The smallest absolute Gasteiger partial charge is 0.265 e. The molecule has 35 heavy (non-hydrogen) atoms. The zero-order valence-electron chi connectivity index (χ0n) is 20.2. The Balaban J connectivity index is 2.01. The first-order valence-corrected chi connectivity index (χ1v) is 11.5. The highest BCUT2D eigenvalue weighted by Gasteiger charge is 2.36. The summed E-state index contributed by atoms with van der Waals surface area (Å²) in [5.41, 5.74) is 7.80. The average molecular weight is 491 g/mol. The molecule has 2 rings (SSSR count). The minimum absolute atomic E-state index is 0.0509. The highest BCUT2D eigenvalue weighted by Crippen LogP contribution is 2.18. The number of carbonyl (C=O) groups is 5. The van der Waals surface area contributed by atoms with E-state index in [0.29, 0.717) is 25.8 Å². The van der Waals surface area contributed by atoms with E-state index in [0.717, 1.165) is 0 Å². The molecule has 0 bridgehead atoms. The number of nitrogens with zero attached hydrogens (tertiary/aromatic N) is 1. The Kier molecular flexibility index (Phi) is 10.0. The quantitative estimate of drug-likeness (QED) is 0.145. The number of hydrogen-bond donors (Lipinski definition) is 6. The summed E-state index contributed by atoms with van der Waals surface area (Å²) >= 11 is 0. The van der Waals surface area contributed by atoms with Crippen LogP contribution in [0.3, 0.4) is 0 Å². The maximum atomic E-state index is 13.0. The maximum absolute atomic E-state index is 13.0. The van der Waals surface area contributed by atoms with Crippen LogP contribution in [0.25, 0.3) is 0 Å². The normalized spacial score (nSPS) is 16.8. The number of nitrogens with two attached hydrogens (primary N) is 1. The molecule has 1 aromatic carbocycles. The summed E-state index contributed by atoms with van der Waals surface area (Å²) in [7, 11) is 0. The summed E-state index contributed by atoms with van der Waals surface area (Å²) < 4.78 is 0. The van der Waals surface area contributed by atoms with Crippen LogP contribution in [0, 0.1) is 5.92 Å². The van der Waals surface area contributed by atoms with Gasteiger partial charge < -0.3 is 26.6 Å². The lowest BCUT2D eigenvalue weighted by atomic mass is 10.0. The molecule has 0 aromatic heterocycles. The number of benzene rings is 1. The Morgan fingerprint density at radius 2 is 1.77 bits per heavy atom. The average Bonchev–Trinajstić information content (AvgIpc) is 3.31. The number of hydroxylamine groups is 1. The van der Waals surface area contributed by atoms with Gasteiger partial charge in [-0.3, -0.25) is 29.2 Å². The Labute approximate surface area is 203 Å². The van der Waals surface area contributed by atoms with E-state index < -0.39 is 47.7 Å². The summed E-state index contributed by atoms with van der Waals surface area (Å²) in [6.07, 6.45) is 1.31. The number of nitrogen functional groups attached to an aromatic ring is 1. The highest BCUT2D eigenvalue weighted by molar-refractivity contribution is 6.01. The van der Waals surface area contributed by atoms with Crippen molar-refractivity contribution < 1.29 is 29.2 Å². The largest absolute Gasteiger partial charge is 0.398 e. The van der Waals surface area contributed by atoms with E-state index in [1.165, 1.54) is 17.3 Å². The molecule has 12 heteroatoms. The van der Waals surface area contributed by atoms with Crippen molar-refractivity contribution in [1.82, 2.24) is 26.3 Å². The SMILES string of the molecule is CC(C)C[C@@H](NC(=O)[C@@H]1CCCN1C(=O)CNC(=O)c1ccccc1N)C(=O)N[C@H](C)C(=O)NO. The van der Waals surface area contributed by atoms with Crippen molar-refractivity contribution in [3.63, 3.8) is 0 Å². The molecule has 0 spiro atoms. The number of amides is 5. The minimum Gasteiger partial charge on any atom is -0.398 e. The molecular weight excluding hydrogens is 456 g/mol. The zero-order chi connectivity index (χ0) is 26.1. The Hall–Kier alpha value is -3.67. The molecule has 1 fully saturated rings. The van der Waals surface area contributed by atoms with Gasteiger partial charge in [-0.15, -0.1) is 0 Å². The van der Waals surface area contributed by atoms with E-state index in [4.69, 9.17) is 10.9 Å². The molecule has 0 unspecified atom stereocenters. The van der Waals surface area contributed by atoms with Gasteiger partial charge in [-0.25, -0.2) is 5.48 Å². The van der Waals surface area contributed by atoms with Crippen molar-refractivity contribution in [3.05, 3.63) is 29.8 Å². The molecule has 192 valence electrons. The molecule has 12 nitrogen and oxygen atoms in total. The number of carbonyl (C=O) groups excluding carboxylic acids is 5. The van der Waals surface area contributed by atoms with Crippen molar-refractivity contribution >= 4 is 35.2 Å². The van der Waals surface area contributed by atoms with E-state index in [1.807, 2.05) is 13.8 Å². The van der Waals surface area contributed by atoms with Gasteiger partial charge in [-0.1, -0.05) is 26.0 Å². The van der Waals surface area contributed by atoms with Gasteiger partial charge in [0.25, 0.3) is 11.8 Å². The molecule has 3 atom stereocenters. The fourth-order valence-corrected chi connectivity index (χ4v) is 3.84. The second-order valence-corrected chi connectivity index (χ2v) is 8.91. The van der Waals surface area contributed by atoms with Crippen LogP contribution < -0.4 is 27.2 Å². The number of likely N-dealkylation sites (tertiary alicyclic amines) is 1. The van der Waals surface area contributed by atoms with Crippen molar-refractivity contribution in [2.24, 2.45) is 5.92 Å². The minimum atomic E-state index is -1.01. The molecule has 1 aliphatic rings. The van der Waals surface area contributed by atoms with E-state index in [9.17, 15) is 24.0 Å². The third kappa shape index (κ3) is 7.67. The van der Waals surface area contributed by atoms with Gasteiger partial charge in [0.2, 0.25) is 17.7 Å². The van der Waals surface area contributed by atoms with Crippen molar-refractivity contribution in [3.8, 4) is 0 Å². The van der Waals surface area contributed by atoms with Crippen LogP contribution in [0.2, 0.25) is 0 Å². The molecular formula is C23H34N6O6. The van der Waals surface area contributed by atoms with Crippen LogP contribution in [-0.4, -0.2) is 70.9 Å². The van der Waals surface area contributed by atoms with Crippen LogP contribution in [0.1, 0.15) is 50.4 Å². The van der Waals surface area contributed by atoms with E-state index in [1.54, 1.807) is 24.3 Å². The topological polar surface area (TPSA) is 183 Å². The third-order valence-corrected chi connectivity index (χ3v) is 5.68. The number of nitrogens with one attached hydrogen (secondary N) is 4. The second-order valence-electron chi connectivity index (χ2n) is 8.91. The summed E-state index contributed by atoms with van der Waals surface area (Å²) in [6.45, 7) is 5.19. The standard InChI is InChI=1S/C23H34N6O6/c1-13(2)11-17(22(33)26-14(3)20(31)28-35)27-23(34)18-9-6-10-29(18)19(30)12-25-21(32)15-7-4-5-8-16(15)24/h4-5,7-8,13-14,17-18,35H,6,9-12,24H2,1-3H3,(H,25,32)(H,26,33)(H,27,34)(H,28,31)/t14-,17-,18+/m1/s1. The number of anilines is 1. The summed E-state index contributed by atoms with van der Waals surface area (Å²) in [6, 6.07) is 3.75. The summed E-state index contributed by atoms with van der Waals surface area (Å²) in [4.78, 5) is 63.8. The van der Waals surface area contributed by atoms with Crippen LogP contribution in [-0.2, 0) is 19.2 Å². The molecule has 0 radical (unpaired) electrons. The molecule has 0 aliphatic carbocycles. The van der Waals surface area contributed by atoms with Crippen LogP contribution in [0.4, 0.5) is 5.69 Å². The Morgan fingerprint density at radius 1 is 1.09 bits per heavy atom. The van der Waals surface area contributed by atoms with Crippen molar-refractivity contribution in [1.29, 1.82) is 0 Å². The first kappa shape index (κ1) is 27.6. The first-order chi connectivity index (χ1) is 16.5. The maximum Gasteiger partial charge on any atom is 0.265 e. The van der Waals surface area contributed by atoms with Crippen molar-refractivity contribution in [2.75, 3.05) is 18.8 Å². The van der Waals surface area contributed by atoms with Crippen LogP contribution >= 0.6 is 0 Å². The molecule has 5 amide bonds. The third-order valence-electron chi connectivity index (χ3n) is 5.68. The van der Waals surface area contributed by atoms with Gasteiger partial charge in [0.15, 0.2) is 0 Å². The van der Waals surface area contributed by atoms with E-state index in [-0.39, 0.29) is 23.7 Å². The molecule has 1 saturated heterocycles. The monoisotopic (exact) mass is 490 g/mol. The van der Waals surface area contributed by atoms with Crippen molar-refractivity contribution in [2.45, 2.75) is 58.2 Å². The number of hydrogen-bond acceptors (Lipinski definition) is 7. The van der Waals surface area contributed by atoms with Gasteiger partial charge in [0, 0.05) is 12.2 Å². The van der Waals surface area contributed by atoms with Gasteiger partial charge in [0.05, 0.1) is 12.1 Å². The molecule has 1 aromatic rings. The molecule has 1 heterocycles. The predicted molar refractivity (Wildman–Crippen MR) is 127 cm³/mol. The van der Waals surface area contributed by atoms with Gasteiger partial charge in [-0.05, 0) is 44.2 Å². The molecule has 1 aliphatic heterocycles. The number of para-hydroxylation sites is 1. The zero-order valence-corrected chi connectivity index (χ0v) is 20.2. The predicted octanol–water partition coefficient (Wildman–Crippen LogP) is -0.469. The lowest BCUT2D eigenvalue weighted by Crippen LogP contribution is -2.56. The van der Waals surface area contributed by atoms with Gasteiger partial charge in [-0.2, -0.15) is 0 Å². The molecule has 7 N–H and O–H groups in total.